The number of fused-ring (bicyclic) bond motifs is 1. The predicted molar refractivity (Wildman–Crippen MR) is 79.5 cm³/mol. The quantitative estimate of drug-likeness (QED) is 0.736. The van der Waals surface area contributed by atoms with Crippen molar-refractivity contribution in [2.24, 2.45) is 0 Å². The van der Waals surface area contributed by atoms with Gasteiger partial charge >= 0.3 is 0 Å². The summed E-state index contributed by atoms with van der Waals surface area (Å²) < 4.78 is 8.55. The van der Waals surface area contributed by atoms with Crippen LogP contribution in [0.25, 0.3) is 10.8 Å². The molecule has 1 aromatic carbocycles. The second-order valence-electron chi connectivity index (χ2n) is 4.31. The van der Waals surface area contributed by atoms with E-state index in [0.29, 0.717) is 12.5 Å². The second-order valence-corrected chi connectivity index (χ2v) is 5.17. The van der Waals surface area contributed by atoms with E-state index in [0.717, 1.165) is 27.5 Å². The fraction of sp³-hybridized carbons (Fsp3) is 0.214. The molecule has 2 heterocycles. The first-order valence-corrected chi connectivity index (χ1v) is 7.11. The molecule has 3 rings (SSSR count). The maximum atomic E-state index is 5.71. The molecule has 0 saturated heterocycles. The highest BCUT2D eigenvalue weighted by molar-refractivity contribution is 9.10. The number of aryl methyl sites for hydroxylation is 1. The van der Waals surface area contributed by atoms with Crippen molar-refractivity contribution in [3.05, 3.63) is 46.8 Å². The van der Waals surface area contributed by atoms with Crippen LogP contribution in [0.2, 0.25) is 0 Å². The number of hydrogen-bond acceptors (Lipinski definition) is 4. The van der Waals surface area contributed by atoms with E-state index in [1.807, 2.05) is 37.4 Å². The average Bonchev–Trinajstić information content (AvgIpc) is 2.92. The van der Waals surface area contributed by atoms with E-state index in [1.165, 1.54) is 0 Å². The zero-order valence-corrected chi connectivity index (χ0v) is 12.5. The maximum Gasteiger partial charge on any atom is 0.214 e. The van der Waals surface area contributed by atoms with Gasteiger partial charge < -0.3 is 4.74 Å². The van der Waals surface area contributed by atoms with Gasteiger partial charge in [-0.1, -0.05) is 33.3 Å². The third-order valence-corrected chi connectivity index (χ3v) is 3.74. The number of hydrogen-bond donors (Lipinski definition) is 0. The average molecular weight is 333 g/mol. The van der Waals surface area contributed by atoms with Gasteiger partial charge in [-0.05, 0) is 18.4 Å². The minimum absolute atomic E-state index is 0.410. The van der Waals surface area contributed by atoms with E-state index in [2.05, 4.69) is 31.2 Å². The number of rotatable bonds is 4. The Morgan fingerprint density at radius 1 is 1.30 bits per heavy atom. The number of aromatic nitrogens is 4. The highest BCUT2D eigenvalue weighted by atomic mass is 79.9. The van der Waals surface area contributed by atoms with Crippen LogP contribution in [0.5, 0.6) is 5.88 Å². The Bertz CT molecular complexity index is 741. The minimum atomic E-state index is 0.410. The van der Waals surface area contributed by atoms with Crippen molar-refractivity contribution in [3.63, 3.8) is 0 Å². The van der Waals surface area contributed by atoms with E-state index in [-0.39, 0.29) is 0 Å². The predicted octanol–water partition coefficient (Wildman–Crippen LogP) is 3.19. The van der Waals surface area contributed by atoms with Gasteiger partial charge in [-0.2, -0.15) is 0 Å². The molecule has 0 saturated carbocycles. The second kappa shape index (κ2) is 5.58. The van der Waals surface area contributed by atoms with Gasteiger partial charge in [0.25, 0.3) is 0 Å². The van der Waals surface area contributed by atoms with Crippen molar-refractivity contribution in [2.45, 2.75) is 20.1 Å². The van der Waals surface area contributed by atoms with Crippen molar-refractivity contribution < 1.29 is 4.74 Å². The molecule has 3 aromatic rings. The zero-order valence-electron chi connectivity index (χ0n) is 11.0. The van der Waals surface area contributed by atoms with E-state index in [1.54, 1.807) is 10.9 Å². The van der Waals surface area contributed by atoms with Crippen LogP contribution in [0.4, 0.5) is 0 Å². The van der Waals surface area contributed by atoms with E-state index in [9.17, 15) is 0 Å². The minimum Gasteiger partial charge on any atom is -0.471 e. The molecule has 102 valence electrons. The molecule has 0 aliphatic carbocycles. The Kier molecular flexibility index (Phi) is 3.64. The summed E-state index contributed by atoms with van der Waals surface area (Å²) in [6, 6.07) is 7.95. The van der Waals surface area contributed by atoms with Crippen molar-refractivity contribution in [2.75, 3.05) is 0 Å². The van der Waals surface area contributed by atoms with Crippen molar-refractivity contribution >= 4 is 26.7 Å². The normalized spacial score (nSPS) is 10.9. The molecule has 0 aliphatic rings. The summed E-state index contributed by atoms with van der Waals surface area (Å²) in [5.74, 6) is 0.597. The highest BCUT2D eigenvalue weighted by Crippen LogP contribution is 2.25. The maximum absolute atomic E-state index is 5.71. The van der Waals surface area contributed by atoms with Crippen LogP contribution in [-0.2, 0) is 13.2 Å². The third kappa shape index (κ3) is 2.51. The highest BCUT2D eigenvalue weighted by Gasteiger charge is 2.05. The number of benzene rings is 1. The molecule has 0 unspecified atom stereocenters. The molecule has 2 aromatic heterocycles. The molecule has 0 spiro atoms. The number of nitrogens with zero attached hydrogens (tertiary/aromatic N) is 4. The molecule has 0 radical (unpaired) electrons. The van der Waals surface area contributed by atoms with Crippen LogP contribution in [0, 0.1) is 0 Å². The van der Waals surface area contributed by atoms with Crippen LogP contribution >= 0.6 is 15.9 Å². The number of halogens is 1. The van der Waals surface area contributed by atoms with Gasteiger partial charge in [-0.25, -0.2) is 9.67 Å². The molecule has 0 N–H and O–H groups in total. The molecule has 5 nitrogen and oxygen atoms in total. The summed E-state index contributed by atoms with van der Waals surface area (Å²) in [5, 5.41) is 10.0. The van der Waals surface area contributed by atoms with Gasteiger partial charge in [0.05, 0.1) is 11.9 Å². The lowest BCUT2D eigenvalue weighted by molar-refractivity contribution is 0.281. The Hall–Kier alpha value is -1.95. The van der Waals surface area contributed by atoms with Crippen molar-refractivity contribution in [1.29, 1.82) is 0 Å². The Labute approximate surface area is 124 Å². The first-order valence-electron chi connectivity index (χ1n) is 6.32. The van der Waals surface area contributed by atoms with Crippen LogP contribution in [-0.4, -0.2) is 20.0 Å². The fourth-order valence-electron chi connectivity index (χ4n) is 2.00. The summed E-state index contributed by atoms with van der Waals surface area (Å²) in [5.41, 5.74) is 0.934. The van der Waals surface area contributed by atoms with E-state index >= 15 is 0 Å². The van der Waals surface area contributed by atoms with E-state index < -0.39 is 0 Å². The van der Waals surface area contributed by atoms with Gasteiger partial charge in [0, 0.05) is 28.7 Å². The molecule has 0 aliphatic heterocycles. The lowest BCUT2D eigenvalue weighted by Crippen LogP contribution is -2.06. The summed E-state index contributed by atoms with van der Waals surface area (Å²) in [6.45, 7) is 3.20. The standard InChI is InChI=1S/C14H13BrN4O/c1-2-19-11(7-17-18-19)9-20-14-6-10-4-3-5-13(15)12(10)8-16-14/h3-8H,2,9H2,1H3. The molecule has 20 heavy (non-hydrogen) atoms. The lowest BCUT2D eigenvalue weighted by atomic mass is 10.2. The van der Waals surface area contributed by atoms with E-state index in [4.69, 9.17) is 4.74 Å². The third-order valence-electron chi connectivity index (χ3n) is 3.05. The molecular weight excluding hydrogens is 320 g/mol. The van der Waals surface area contributed by atoms with Gasteiger partial charge in [-0.15, -0.1) is 5.10 Å². The summed E-state index contributed by atoms with van der Waals surface area (Å²) >= 11 is 3.51. The van der Waals surface area contributed by atoms with Crippen LogP contribution in [0.1, 0.15) is 12.6 Å². The first-order chi connectivity index (χ1) is 9.78. The van der Waals surface area contributed by atoms with Crippen LogP contribution < -0.4 is 4.74 Å². The molecule has 0 bridgehead atoms. The Balaban J connectivity index is 1.81. The zero-order chi connectivity index (χ0) is 13.9. The molecule has 0 fully saturated rings. The SMILES string of the molecule is CCn1nncc1COc1cc2cccc(Br)c2cn1. The Morgan fingerprint density at radius 3 is 3.05 bits per heavy atom. The van der Waals surface area contributed by atoms with Crippen LogP contribution in [0.3, 0.4) is 0 Å². The topological polar surface area (TPSA) is 52.8 Å². The number of ether oxygens (including phenoxy) is 1. The summed E-state index contributed by atoms with van der Waals surface area (Å²) in [6.07, 6.45) is 3.52. The molecule has 0 atom stereocenters. The molecular formula is C14H13BrN4O. The summed E-state index contributed by atoms with van der Waals surface area (Å²) in [4.78, 5) is 4.32. The molecule has 0 amide bonds. The van der Waals surface area contributed by atoms with Gasteiger partial charge in [0.2, 0.25) is 5.88 Å². The Morgan fingerprint density at radius 2 is 2.20 bits per heavy atom. The molecule has 6 heteroatoms. The van der Waals surface area contributed by atoms with Gasteiger partial charge in [0.15, 0.2) is 0 Å². The first kappa shape index (κ1) is 13.1. The van der Waals surface area contributed by atoms with Crippen LogP contribution in [0.15, 0.2) is 41.1 Å². The fourth-order valence-corrected chi connectivity index (χ4v) is 2.48. The smallest absolute Gasteiger partial charge is 0.214 e. The monoisotopic (exact) mass is 332 g/mol. The van der Waals surface area contributed by atoms with Crippen molar-refractivity contribution in [3.8, 4) is 5.88 Å². The lowest BCUT2D eigenvalue weighted by Gasteiger charge is -2.07. The van der Waals surface area contributed by atoms with Gasteiger partial charge in [0.1, 0.15) is 6.61 Å². The largest absolute Gasteiger partial charge is 0.471 e. The van der Waals surface area contributed by atoms with Gasteiger partial charge in [-0.3, -0.25) is 0 Å². The summed E-state index contributed by atoms with van der Waals surface area (Å²) in [7, 11) is 0. The number of pyridine rings is 1. The van der Waals surface area contributed by atoms with Crippen molar-refractivity contribution in [1.82, 2.24) is 20.0 Å².